The first-order valence-corrected chi connectivity index (χ1v) is 16.9. The van der Waals surface area contributed by atoms with Gasteiger partial charge in [0.25, 0.3) is 0 Å². The quantitative estimate of drug-likeness (QED) is 0.189. The number of furan rings is 2. The first-order valence-electron chi connectivity index (χ1n) is 16.9. The Morgan fingerprint density at radius 2 is 0.980 bits per heavy atom. The molecule has 7 aromatic carbocycles. The van der Waals surface area contributed by atoms with Crippen molar-refractivity contribution < 1.29 is 8.83 Å². The zero-order chi connectivity index (χ0) is 33.5. The van der Waals surface area contributed by atoms with Gasteiger partial charge in [-0.15, -0.1) is 0 Å². The molecule has 11 rings (SSSR count). The molecule has 0 atom stereocenters. The van der Waals surface area contributed by atoms with Crippen LogP contribution in [0.1, 0.15) is 0 Å². The van der Waals surface area contributed by atoms with Crippen molar-refractivity contribution in [2.24, 2.45) is 0 Å². The average Bonchev–Trinajstić information content (AvgIpc) is 3.87. The molecular formula is C45H26N4O2. The molecule has 238 valence electrons. The maximum absolute atomic E-state index is 6.51. The highest BCUT2D eigenvalue weighted by Gasteiger charge is 2.21. The van der Waals surface area contributed by atoms with Crippen molar-refractivity contribution >= 4 is 65.7 Å². The van der Waals surface area contributed by atoms with Gasteiger partial charge in [0.05, 0.1) is 16.4 Å². The van der Waals surface area contributed by atoms with Crippen LogP contribution in [0.4, 0.5) is 0 Å². The van der Waals surface area contributed by atoms with E-state index in [0.29, 0.717) is 17.5 Å². The summed E-state index contributed by atoms with van der Waals surface area (Å²) in [5.74, 6) is 1.82. The van der Waals surface area contributed by atoms with Gasteiger partial charge in [0.15, 0.2) is 17.5 Å². The number of fused-ring (bicyclic) bond motifs is 10. The van der Waals surface area contributed by atoms with E-state index in [1.165, 1.54) is 10.8 Å². The van der Waals surface area contributed by atoms with Crippen LogP contribution in [0, 0.1) is 0 Å². The summed E-state index contributed by atoms with van der Waals surface area (Å²) in [6.45, 7) is 0. The van der Waals surface area contributed by atoms with E-state index in [1.54, 1.807) is 0 Å². The third-order valence-electron chi connectivity index (χ3n) is 9.85. The van der Waals surface area contributed by atoms with Crippen molar-refractivity contribution in [3.63, 3.8) is 0 Å². The predicted molar refractivity (Wildman–Crippen MR) is 205 cm³/mol. The Hall–Kier alpha value is -7.05. The number of para-hydroxylation sites is 2. The van der Waals surface area contributed by atoms with Crippen molar-refractivity contribution in [2.45, 2.75) is 0 Å². The van der Waals surface area contributed by atoms with Gasteiger partial charge in [-0.3, -0.25) is 0 Å². The van der Waals surface area contributed by atoms with Gasteiger partial charge < -0.3 is 13.4 Å². The monoisotopic (exact) mass is 654 g/mol. The fourth-order valence-electron chi connectivity index (χ4n) is 7.60. The van der Waals surface area contributed by atoms with E-state index in [9.17, 15) is 0 Å². The van der Waals surface area contributed by atoms with Crippen molar-refractivity contribution in [1.29, 1.82) is 0 Å². The summed E-state index contributed by atoms with van der Waals surface area (Å²) in [6, 6.07) is 53.8. The van der Waals surface area contributed by atoms with E-state index in [0.717, 1.165) is 77.3 Å². The van der Waals surface area contributed by atoms with Crippen molar-refractivity contribution in [3.8, 4) is 39.9 Å². The van der Waals surface area contributed by atoms with Crippen LogP contribution in [-0.4, -0.2) is 19.5 Å². The van der Waals surface area contributed by atoms with Crippen LogP contribution < -0.4 is 0 Å². The van der Waals surface area contributed by atoms with Crippen LogP contribution >= 0.6 is 0 Å². The molecule has 0 amide bonds. The molecule has 0 fully saturated rings. The minimum Gasteiger partial charge on any atom is -0.456 e. The number of benzene rings is 7. The van der Waals surface area contributed by atoms with E-state index < -0.39 is 0 Å². The molecule has 0 aliphatic rings. The first-order chi connectivity index (χ1) is 25.3. The second-order valence-corrected chi connectivity index (χ2v) is 12.8. The zero-order valence-corrected chi connectivity index (χ0v) is 27.1. The smallest absolute Gasteiger partial charge is 0.164 e. The van der Waals surface area contributed by atoms with Gasteiger partial charge >= 0.3 is 0 Å². The molecule has 4 aromatic heterocycles. The molecule has 0 radical (unpaired) electrons. The normalized spacial score (nSPS) is 11.9. The van der Waals surface area contributed by atoms with Crippen LogP contribution in [0.5, 0.6) is 0 Å². The highest BCUT2D eigenvalue weighted by atomic mass is 16.3. The van der Waals surface area contributed by atoms with E-state index in [4.69, 9.17) is 23.8 Å². The number of nitrogens with zero attached hydrogens (tertiary/aromatic N) is 4. The molecule has 0 saturated heterocycles. The summed E-state index contributed by atoms with van der Waals surface area (Å²) in [5.41, 5.74) is 9.29. The van der Waals surface area contributed by atoms with E-state index >= 15 is 0 Å². The minimum atomic E-state index is 0.588. The molecular weight excluding hydrogens is 629 g/mol. The molecule has 0 unspecified atom stereocenters. The lowest BCUT2D eigenvalue weighted by atomic mass is 10.0. The summed E-state index contributed by atoms with van der Waals surface area (Å²) < 4.78 is 15.2. The van der Waals surface area contributed by atoms with Crippen LogP contribution in [0.3, 0.4) is 0 Å². The number of rotatable bonds is 4. The molecule has 0 aliphatic carbocycles. The van der Waals surface area contributed by atoms with Gasteiger partial charge in [-0.1, -0.05) is 109 Å². The van der Waals surface area contributed by atoms with E-state index in [-0.39, 0.29) is 0 Å². The molecule has 4 heterocycles. The van der Waals surface area contributed by atoms with Gasteiger partial charge in [-0.05, 0) is 48.5 Å². The summed E-state index contributed by atoms with van der Waals surface area (Å²) in [6.07, 6.45) is 0. The topological polar surface area (TPSA) is 69.9 Å². The average molecular weight is 655 g/mol. The molecule has 11 aromatic rings. The fraction of sp³-hybridized carbons (Fsp3) is 0. The zero-order valence-electron chi connectivity index (χ0n) is 27.1. The second kappa shape index (κ2) is 10.7. The minimum absolute atomic E-state index is 0.588. The Morgan fingerprint density at radius 1 is 0.392 bits per heavy atom. The lowest BCUT2D eigenvalue weighted by Crippen LogP contribution is -2.00. The summed E-state index contributed by atoms with van der Waals surface area (Å²) in [7, 11) is 0. The largest absolute Gasteiger partial charge is 0.456 e. The van der Waals surface area contributed by atoms with Crippen molar-refractivity contribution in [1.82, 2.24) is 19.5 Å². The highest BCUT2D eigenvalue weighted by Crippen LogP contribution is 2.42. The van der Waals surface area contributed by atoms with Gasteiger partial charge in [0, 0.05) is 49.3 Å². The standard InChI is InChI=1S/C45H26N4O2/c1-3-12-27(13-4-1)43-46-44(28-14-5-2-6-15-28)48-45(47-43)33-18-11-21-38-40(33)34-26-29(22-24-37(34)51-38)49-35-19-9-7-16-30(35)31-23-25-39-41(42(31)49)32-17-8-10-20-36(32)50-39/h1-26H. The molecule has 0 N–H and O–H groups in total. The Balaban J connectivity index is 1.20. The molecule has 0 aliphatic heterocycles. The maximum Gasteiger partial charge on any atom is 0.164 e. The van der Waals surface area contributed by atoms with E-state index in [1.807, 2.05) is 84.9 Å². The van der Waals surface area contributed by atoms with Crippen molar-refractivity contribution in [3.05, 3.63) is 158 Å². The van der Waals surface area contributed by atoms with Crippen LogP contribution in [0.15, 0.2) is 167 Å². The maximum atomic E-state index is 6.51. The lowest BCUT2D eigenvalue weighted by molar-refractivity contribution is 0.668. The molecule has 6 heteroatoms. The summed E-state index contributed by atoms with van der Waals surface area (Å²) >= 11 is 0. The molecule has 51 heavy (non-hydrogen) atoms. The summed E-state index contributed by atoms with van der Waals surface area (Å²) in [5, 5.41) is 6.50. The van der Waals surface area contributed by atoms with Crippen LogP contribution in [-0.2, 0) is 0 Å². The number of hydrogen-bond acceptors (Lipinski definition) is 5. The molecule has 0 spiro atoms. The Morgan fingerprint density at radius 3 is 1.75 bits per heavy atom. The second-order valence-electron chi connectivity index (χ2n) is 12.8. The van der Waals surface area contributed by atoms with E-state index in [2.05, 4.69) is 77.4 Å². The number of hydrogen-bond donors (Lipinski definition) is 0. The predicted octanol–water partition coefficient (Wildman–Crippen LogP) is 11.8. The van der Waals surface area contributed by atoms with Gasteiger partial charge in [-0.2, -0.15) is 0 Å². The Kier molecular flexibility index (Phi) is 5.86. The SMILES string of the molecule is c1ccc(-c2nc(-c3ccccc3)nc(-c3cccc4oc5ccc(-n6c7ccccc7c7ccc8oc9ccccc9c8c76)cc5c34)n2)cc1. The van der Waals surface area contributed by atoms with Gasteiger partial charge in [0.2, 0.25) is 0 Å². The molecule has 6 nitrogen and oxygen atoms in total. The van der Waals surface area contributed by atoms with Gasteiger partial charge in [0.1, 0.15) is 22.3 Å². The third-order valence-corrected chi connectivity index (χ3v) is 9.85. The Labute approximate surface area is 290 Å². The third kappa shape index (κ3) is 4.20. The van der Waals surface area contributed by atoms with Gasteiger partial charge in [-0.25, -0.2) is 15.0 Å². The first kappa shape index (κ1) is 27.9. The Bertz CT molecular complexity index is 3080. The number of aromatic nitrogens is 4. The fourth-order valence-corrected chi connectivity index (χ4v) is 7.60. The molecule has 0 bridgehead atoms. The highest BCUT2D eigenvalue weighted by molar-refractivity contribution is 6.24. The lowest BCUT2D eigenvalue weighted by Gasteiger charge is -2.10. The molecule has 0 saturated carbocycles. The van der Waals surface area contributed by atoms with Crippen molar-refractivity contribution in [2.75, 3.05) is 0 Å². The van der Waals surface area contributed by atoms with Crippen LogP contribution in [0.25, 0.3) is 106 Å². The summed E-state index contributed by atoms with van der Waals surface area (Å²) in [4.78, 5) is 15.1. The van der Waals surface area contributed by atoms with Crippen LogP contribution in [0.2, 0.25) is 0 Å².